The number of nitrogens with zero attached hydrogens (tertiary/aromatic N) is 2. The van der Waals surface area contributed by atoms with E-state index in [1.807, 2.05) is 17.0 Å². The molecule has 0 aliphatic carbocycles. The third kappa shape index (κ3) is 3.90. The number of ether oxygens (including phenoxy) is 1. The molecule has 1 fully saturated rings. The van der Waals surface area contributed by atoms with Crippen molar-refractivity contribution in [2.75, 3.05) is 26.2 Å². The predicted molar refractivity (Wildman–Crippen MR) is 92.4 cm³/mol. The number of phenolic OH excluding ortho intramolecular Hbond substituents is 1. The van der Waals surface area contributed by atoms with E-state index in [0.717, 1.165) is 37.2 Å². The van der Waals surface area contributed by atoms with E-state index in [1.165, 1.54) is 6.42 Å². The zero-order valence-electron chi connectivity index (χ0n) is 14.3. The Morgan fingerprint density at radius 2 is 2.17 bits per heavy atom. The fourth-order valence-electron chi connectivity index (χ4n) is 3.56. The van der Waals surface area contributed by atoms with E-state index in [1.54, 1.807) is 18.4 Å². The summed E-state index contributed by atoms with van der Waals surface area (Å²) in [6, 6.07) is 7.52. The minimum atomic E-state index is 0.0727. The van der Waals surface area contributed by atoms with Crippen LogP contribution in [0, 0.1) is 0 Å². The first-order valence-electron chi connectivity index (χ1n) is 8.79. The molecule has 0 bridgehead atoms. The summed E-state index contributed by atoms with van der Waals surface area (Å²) in [6.45, 7) is 6.22. The van der Waals surface area contributed by atoms with Crippen LogP contribution in [0.25, 0.3) is 0 Å². The van der Waals surface area contributed by atoms with Crippen LogP contribution in [-0.2, 0) is 16.1 Å². The van der Waals surface area contributed by atoms with Crippen molar-refractivity contribution in [3.05, 3.63) is 41.7 Å². The van der Waals surface area contributed by atoms with Crippen molar-refractivity contribution in [1.82, 2.24) is 9.80 Å². The summed E-state index contributed by atoms with van der Waals surface area (Å²) in [5, 5.41) is 9.46. The maximum atomic E-state index is 12.9. The molecular formula is C19H26N2O3. The Kier molecular flexibility index (Phi) is 5.41. The normalized spacial score (nSPS) is 20.7. The van der Waals surface area contributed by atoms with Crippen LogP contribution >= 0.6 is 0 Å². The second-order valence-corrected chi connectivity index (χ2v) is 6.54. The third-order valence-corrected chi connectivity index (χ3v) is 4.92. The number of carbonyl (C=O) groups excluding carboxylic acids is 1. The van der Waals surface area contributed by atoms with Crippen molar-refractivity contribution < 1.29 is 14.6 Å². The number of phenols is 1. The summed E-state index contributed by atoms with van der Waals surface area (Å²) in [5.41, 5.74) is 1.79. The molecule has 0 unspecified atom stereocenters. The lowest BCUT2D eigenvalue weighted by Gasteiger charge is -2.30. The van der Waals surface area contributed by atoms with Gasteiger partial charge in [-0.05, 0) is 43.6 Å². The average molecular weight is 330 g/mol. The Bertz CT molecular complexity index is 597. The third-order valence-electron chi connectivity index (χ3n) is 4.92. The predicted octanol–water partition coefficient (Wildman–Crippen LogP) is 2.51. The maximum absolute atomic E-state index is 12.9. The second-order valence-electron chi connectivity index (χ2n) is 6.54. The fourth-order valence-corrected chi connectivity index (χ4v) is 3.56. The molecule has 5 heteroatoms. The molecule has 5 nitrogen and oxygen atoms in total. The largest absolute Gasteiger partial charge is 0.508 e. The Balaban J connectivity index is 1.74. The Morgan fingerprint density at radius 3 is 2.83 bits per heavy atom. The van der Waals surface area contributed by atoms with E-state index in [4.69, 9.17) is 4.74 Å². The summed E-state index contributed by atoms with van der Waals surface area (Å²) in [5.74, 6) is 0.319. The van der Waals surface area contributed by atoms with Gasteiger partial charge in [-0.25, -0.2) is 0 Å². The van der Waals surface area contributed by atoms with E-state index in [9.17, 15) is 9.90 Å². The number of carbonyl (C=O) groups is 1. The Labute approximate surface area is 143 Å². The summed E-state index contributed by atoms with van der Waals surface area (Å²) < 4.78 is 5.25. The number of likely N-dealkylation sites (N-methyl/N-ethyl adjacent to an activating group) is 1. The summed E-state index contributed by atoms with van der Waals surface area (Å²) in [7, 11) is 0. The smallest absolute Gasteiger partial charge is 0.253 e. The van der Waals surface area contributed by atoms with Crippen molar-refractivity contribution in [3.8, 4) is 5.75 Å². The van der Waals surface area contributed by atoms with Crippen LogP contribution in [0.4, 0.5) is 0 Å². The van der Waals surface area contributed by atoms with Gasteiger partial charge in [0.05, 0.1) is 18.4 Å². The molecule has 0 radical (unpaired) electrons. The van der Waals surface area contributed by atoms with Crippen molar-refractivity contribution in [2.45, 2.75) is 38.8 Å². The van der Waals surface area contributed by atoms with Crippen molar-refractivity contribution in [2.24, 2.45) is 0 Å². The number of hydrogen-bond donors (Lipinski definition) is 1. The first-order valence-corrected chi connectivity index (χ1v) is 8.79. The van der Waals surface area contributed by atoms with E-state index in [-0.39, 0.29) is 11.7 Å². The van der Waals surface area contributed by atoms with Crippen LogP contribution < -0.4 is 0 Å². The number of hydrogen-bond acceptors (Lipinski definition) is 4. The molecule has 1 atom stereocenters. The Morgan fingerprint density at radius 1 is 1.38 bits per heavy atom. The van der Waals surface area contributed by atoms with Gasteiger partial charge in [-0.2, -0.15) is 0 Å². The van der Waals surface area contributed by atoms with Gasteiger partial charge >= 0.3 is 0 Å². The molecule has 1 amide bonds. The van der Waals surface area contributed by atoms with E-state index in [2.05, 4.69) is 11.8 Å². The number of aromatic hydroxyl groups is 1. The molecule has 1 aromatic carbocycles. The maximum Gasteiger partial charge on any atom is 0.253 e. The summed E-state index contributed by atoms with van der Waals surface area (Å²) >= 11 is 0. The van der Waals surface area contributed by atoms with Crippen LogP contribution in [0.15, 0.2) is 36.1 Å². The highest BCUT2D eigenvalue weighted by atomic mass is 16.5. The van der Waals surface area contributed by atoms with Crippen molar-refractivity contribution in [1.29, 1.82) is 0 Å². The van der Waals surface area contributed by atoms with Gasteiger partial charge in [-0.3, -0.25) is 9.69 Å². The van der Waals surface area contributed by atoms with Gasteiger partial charge in [0.15, 0.2) is 0 Å². The summed E-state index contributed by atoms with van der Waals surface area (Å²) in [6.07, 6.45) is 4.64. The molecular weight excluding hydrogens is 304 g/mol. The molecule has 0 spiro atoms. The highest BCUT2D eigenvalue weighted by Crippen LogP contribution is 2.22. The standard InChI is InChI=1S/C19H26N2O3/c1-2-20-10-3-4-17(20)13-21(19(23)16-9-11-24-14-16)12-15-5-7-18(22)8-6-15/h5-8,14,17,22H,2-4,9-13H2,1H3/t17-/m0/s1. The van der Waals surface area contributed by atoms with Crippen molar-refractivity contribution in [3.63, 3.8) is 0 Å². The SMILES string of the molecule is CCN1CCC[C@H]1CN(Cc1ccc(O)cc1)C(=O)C1=COCC1. The molecule has 1 N–H and O–H groups in total. The molecule has 1 saturated heterocycles. The van der Waals surface area contributed by atoms with E-state index in [0.29, 0.717) is 25.6 Å². The molecule has 2 heterocycles. The van der Waals surface area contributed by atoms with Gasteiger partial charge in [0.2, 0.25) is 0 Å². The molecule has 2 aliphatic heterocycles. The highest BCUT2D eigenvalue weighted by Gasteiger charge is 2.29. The van der Waals surface area contributed by atoms with Gasteiger partial charge < -0.3 is 14.7 Å². The van der Waals surface area contributed by atoms with Crippen molar-refractivity contribution >= 4 is 5.91 Å². The van der Waals surface area contributed by atoms with Gasteiger partial charge in [0.25, 0.3) is 5.91 Å². The van der Waals surface area contributed by atoms with E-state index < -0.39 is 0 Å². The average Bonchev–Trinajstić information content (AvgIpc) is 3.27. The molecule has 130 valence electrons. The minimum Gasteiger partial charge on any atom is -0.508 e. The van der Waals surface area contributed by atoms with Gasteiger partial charge in [-0.15, -0.1) is 0 Å². The molecule has 1 aromatic rings. The summed E-state index contributed by atoms with van der Waals surface area (Å²) in [4.78, 5) is 17.3. The van der Waals surface area contributed by atoms with Gasteiger partial charge in [0, 0.05) is 25.6 Å². The van der Waals surface area contributed by atoms with Crippen LogP contribution in [0.1, 0.15) is 31.7 Å². The fraction of sp³-hybridized carbons (Fsp3) is 0.526. The van der Waals surface area contributed by atoms with Gasteiger partial charge in [0.1, 0.15) is 5.75 Å². The molecule has 3 rings (SSSR count). The van der Waals surface area contributed by atoms with Gasteiger partial charge in [-0.1, -0.05) is 19.1 Å². The molecule has 0 aromatic heterocycles. The zero-order chi connectivity index (χ0) is 16.9. The number of benzene rings is 1. The number of rotatable bonds is 6. The first-order chi connectivity index (χ1) is 11.7. The molecule has 24 heavy (non-hydrogen) atoms. The lowest BCUT2D eigenvalue weighted by molar-refractivity contribution is -0.128. The zero-order valence-corrected chi connectivity index (χ0v) is 14.3. The van der Waals surface area contributed by atoms with Crippen LogP contribution in [0.3, 0.4) is 0 Å². The van der Waals surface area contributed by atoms with Crippen LogP contribution in [-0.4, -0.2) is 53.1 Å². The lowest BCUT2D eigenvalue weighted by atomic mass is 10.1. The van der Waals surface area contributed by atoms with E-state index >= 15 is 0 Å². The topological polar surface area (TPSA) is 53.0 Å². The quantitative estimate of drug-likeness (QED) is 0.871. The number of amides is 1. The molecule has 2 aliphatic rings. The molecule has 0 saturated carbocycles. The monoisotopic (exact) mass is 330 g/mol. The van der Waals surface area contributed by atoms with Crippen LogP contribution in [0.5, 0.6) is 5.75 Å². The van der Waals surface area contributed by atoms with Crippen LogP contribution in [0.2, 0.25) is 0 Å². The first kappa shape index (κ1) is 16.8. The minimum absolute atomic E-state index is 0.0727. The number of likely N-dealkylation sites (tertiary alicyclic amines) is 1. The second kappa shape index (κ2) is 7.71. The highest BCUT2D eigenvalue weighted by molar-refractivity contribution is 5.93. The Hall–Kier alpha value is -2.01. The lowest BCUT2D eigenvalue weighted by Crippen LogP contribution is -2.43.